The third-order valence-electron chi connectivity index (χ3n) is 5.20. The molecule has 3 amide bonds. The van der Waals surface area contributed by atoms with Crippen LogP contribution in [0.5, 0.6) is 0 Å². The minimum absolute atomic E-state index is 0.0351. The summed E-state index contributed by atoms with van der Waals surface area (Å²) in [5.74, 6) is 0.107. The fourth-order valence-electron chi connectivity index (χ4n) is 3.36. The summed E-state index contributed by atoms with van der Waals surface area (Å²) in [5, 5.41) is 8.85. The summed E-state index contributed by atoms with van der Waals surface area (Å²) in [7, 11) is 0. The van der Waals surface area contributed by atoms with Gasteiger partial charge in [-0.2, -0.15) is 0 Å². The molecule has 2 aliphatic rings. The zero-order chi connectivity index (χ0) is 19.9. The molecule has 3 rings (SSSR count). The molecule has 0 spiro atoms. The van der Waals surface area contributed by atoms with Crippen LogP contribution in [0.2, 0.25) is 0 Å². The summed E-state index contributed by atoms with van der Waals surface area (Å²) in [5.41, 5.74) is 1.22. The van der Waals surface area contributed by atoms with Crippen molar-refractivity contribution in [2.45, 2.75) is 45.1 Å². The first kappa shape index (κ1) is 20.3. The number of amides is 3. The molecule has 28 heavy (non-hydrogen) atoms. The van der Waals surface area contributed by atoms with Gasteiger partial charge in [0.2, 0.25) is 11.8 Å². The van der Waals surface area contributed by atoms with Crippen LogP contribution in [0.3, 0.4) is 0 Å². The Morgan fingerprint density at radius 1 is 1.11 bits per heavy atom. The van der Waals surface area contributed by atoms with E-state index >= 15 is 0 Å². The molecule has 1 aliphatic carbocycles. The topological polar surface area (TPSA) is 90.5 Å². The Kier molecular flexibility index (Phi) is 7.03. The lowest BCUT2D eigenvalue weighted by Crippen LogP contribution is -2.47. The summed E-state index contributed by atoms with van der Waals surface area (Å²) >= 11 is 0. The maximum Gasteiger partial charge on any atom is 0.251 e. The number of carbonyl (C=O) groups excluding carboxylic acids is 3. The van der Waals surface area contributed by atoms with E-state index in [0.29, 0.717) is 24.3 Å². The first-order chi connectivity index (χ1) is 13.5. The Labute approximate surface area is 166 Å². The first-order valence-electron chi connectivity index (χ1n) is 10.3. The van der Waals surface area contributed by atoms with E-state index in [4.69, 9.17) is 0 Å². The minimum Gasteiger partial charge on any atom is -0.355 e. The van der Waals surface area contributed by atoms with Gasteiger partial charge in [-0.25, -0.2) is 0 Å². The number of likely N-dealkylation sites (tertiary alicyclic amines) is 1. The average molecular weight is 386 g/mol. The lowest BCUT2D eigenvalue weighted by Gasteiger charge is -2.31. The van der Waals surface area contributed by atoms with E-state index in [0.717, 1.165) is 45.2 Å². The predicted molar refractivity (Wildman–Crippen MR) is 108 cm³/mol. The van der Waals surface area contributed by atoms with Crippen molar-refractivity contribution in [3.8, 4) is 0 Å². The molecule has 1 saturated heterocycles. The highest BCUT2D eigenvalue weighted by Crippen LogP contribution is 2.30. The largest absolute Gasteiger partial charge is 0.355 e. The second kappa shape index (κ2) is 9.68. The average Bonchev–Trinajstić information content (AvgIpc) is 3.53. The van der Waals surface area contributed by atoms with E-state index in [9.17, 15) is 14.4 Å². The summed E-state index contributed by atoms with van der Waals surface area (Å²) in [6.45, 7) is 4.75. The highest BCUT2D eigenvalue weighted by Gasteiger charge is 2.29. The van der Waals surface area contributed by atoms with Gasteiger partial charge in [0.05, 0.1) is 6.54 Å². The number of carbonyl (C=O) groups is 3. The van der Waals surface area contributed by atoms with Gasteiger partial charge in [-0.15, -0.1) is 0 Å². The lowest BCUT2D eigenvalue weighted by atomic mass is 10.0. The van der Waals surface area contributed by atoms with Crippen LogP contribution in [0.25, 0.3) is 0 Å². The van der Waals surface area contributed by atoms with Crippen LogP contribution in [0.15, 0.2) is 24.3 Å². The molecule has 0 aromatic heterocycles. The fraction of sp³-hybridized carbons (Fsp3) is 0.571. The number of piperidine rings is 1. The molecule has 152 valence electrons. The molecule has 7 heteroatoms. The molecule has 0 atom stereocenters. The van der Waals surface area contributed by atoms with E-state index in [2.05, 4.69) is 20.9 Å². The van der Waals surface area contributed by atoms with Crippen LogP contribution in [0.1, 0.15) is 49.4 Å². The molecule has 1 heterocycles. The van der Waals surface area contributed by atoms with Crippen molar-refractivity contribution in [1.82, 2.24) is 15.5 Å². The molecule has 1 aliphatic heterocycles. The Morgan fingerprint density at radius 2 is 1.86 bits per heavy atom. The molecule has 3 N–H and O–H groups in total. The number of hydrogen-bond donors (Lipinski definition) is 3. The SMILES string of the molecule is CCCNC(=O)CN1CCC(NC(=O)c2cccc(NC(=O)C3CC3)c2)CC1. The Hall–Kier alpha value is -2.41. The molecule has 1 aromatic carbocycles. The maximum absolute atomic E-state index is 12.6. The van der Waals surface area contributed by atoms with Crippen LogP contribution in [-0.2, 0) is 9.59 Å². The van der Waals surface area contributed by atoms with E-state index in [1.807, 2.05) is 6.92 Å². The van der Waals surface area contributed by atoms with Crippen LogP contribution in [0, 0.1) is 5.92 Å². The molecule has 1 saturated carbocycles. The van der Waals surface area contributed by atoms with Crippen molar-refractivity contribution < 1.29 is 14.4 Å². The monoisotopic (exact) mass is 386 g/mol. The van der Waals surface area contributed by atoms with Gasteiger partial charge in [0.25, 0.3) is 5.91 Å². The van der Waals surface area contributed by atoms with Gasteiger partial charge in [-0.05, 0) is 50.3 Å². The number of rotatable bonds is 8. The Bertz CT molecular complexity index is 709. The zero-order valence-electron chi connectivity index (χ0n) is 16.5. The predicted octanol–water partition coefficient (Wildman–Crippen LogP) is 1.76. The maximum atomic E-state index is 12.6. The van der Waals surface area contributed by atoms with Gasteiger partial charge in [0.15, 0.2) is 0 Å². The molecule has 7 nitrogen and oxygen atoms in total. The fourth-order valence-corrected chi connectivity index (χ4v) is 3.36. The first-order valence-corrected chi connectivity index (χ1v) is 10.3. The highest BCUT2D eigenvalue weighted by molar-refractivity contribution is 5.98. The molecule has 0 bridgehead atoms. The molecule has 2 fully saturated rings. The number of benzene rings is 1. The van der Waals surface area contributed by atoms with Crippen LogP contribution in [0.4, 0.5) is 5.69 Å². The number of hydrogen-bond acceptors (Lipinski definition) is 4. The third-order valence-corrected chi connectivity index (χ3v) is 5.20. The molecule has 0 unspecified atom stereocenters. The standard InChI is InChI=1S/C21H30N4O3/c1-2-10-22-19(26)14-25-11-8-17(9-12-25)23-21(28)16-4-3-5-18(13-16)24-20(27)15-6-7-15/h3-5,13,15,17H,2,6-12,14H2,1H3,(H,22,26)(H,23,28)(H,24,27). The molecular formula is C21H30N4O3. The van der Waals surface area contributed by atoms with Crippen LogP contribution in [-0.4, -0.2) is 54.8 Å². The molecule has 1 aromatic rings. The van der Waals surface area contributed by atoms with Gasteiger partial charge in [-0.3, -0.25) is 19.3 Å². The summed E-state index contributed by atoms with van der Waals surface area (Å²) in [6, 6.07) is 7.18. The Balaban J connectivity index is 1.44. The quantitative estimate of drug-likeness (QED) is 0.635. The van der Waals surface area contributed by atoms with E-state index in [1.54, 1.807) is 24.3 Å². The van der Waals surface area contributed by atoms with Crippen LogP contribution >= 0.6 is 0 Å². The van der Waals surface area contributed by atoms with Crippen molar-refractivity contribution in [3.05, 3.63) is 29.8 Å². The van der Waals surface area contributed by atoms with Crippen molar-refractivity contribution in [3.63, 3.8) is 0 Å². The second-order valence-electron chi connectivity index (χ2n) is 7.72. The van der Waals surface area contributed by atoms with Gasteiger partial charge in [-0.1, -0.05) is 13.0 Å². The summed E-state index contributed by atoms with van der Waals surface area (Å²) in [4.78, 5) is 38.4. The van der Waals surface area contributed by atoms with E-state index in [-0.39, 0.29) is 29.7 Å². The lowest BCUT2D eigenvalue weighted by molar-refractivity contribution is -0.122. The van der Waals surface area contributed by atoms with Crippen molar-refractivity contribution in [1.29, 1.82) is 0 Å². The van der Waals surface area contributed by atoms with Gasteiger partial charge in [0.1, 0.15) is 0 Å². The van der Waals surface area contributed by atoms with Gasteiger partial charge >= 0.3 is 0 Å². The minimum atomic E-state index is -0.123. The second-order valence-corrected chi connectivity index (χ2v) is 7.72. The highest BCUT2D eigenvalue weighted by atomic mass is 16.2. The smallest absolute Gasteiger partial charge is 0.251 e. The molecular weight excluding hydrogens is 356 g/mol. The zero-order valence-corrected chi connectivity index (χ0v) is 16.5. The van der Waals surface area contributed by atoms with Gasteiger partial charge < -0.3 is 16.0 Å². The van der Waals surface area contributed by atoms with E-state index < -0.39 is 0 Å². The summed E-state index contributed by atoms with van der Waals surface area (Å²) in [6.07, 6.45) is 4.48. The van der Waals surface area contributed by atoms with E-state index in [1.165, 1.54) is 0 Å². The molecule has 0 radical (unpaired) electrons. The Morgan fingerprint density at radius 3 is 2.54 bits per heavy atom. The number of anilines is 1. The van der Waals surface area contributed by atoms with Crippen molar-refractivity contribution >= 4 is 23.4 Å². The number of nitrogens with one attached hydrogen (secondary N) is 3. The van der Waals surface area contributed by atoms with Gasteiger partial charge in [0, 0.05) is 42.8 Å². The normalized spacial score (nSPS) is 17.8. The van der Waals surface area contributed by atoms with Crippen LogP contribution < -0.4 is 16.0 Å². The number of nitrogens with zero attached hydrogens (tertiary/aromatic N) is 1. The van der Waals surface area contributed by atoms with Crippen molar-refractivity contribution in [2.75, 3.05) is 31.5 Å². The van der Waals surface area contributed by atoms with Crippen molar-refractivity contribution in [2.24, 2.45) is 5.92 Å². The summed E-state index contributed by atoms with van der Waals surface area (Å²) < 4.78 is 0. The third kappa shape index (κ3) is 6.05.